The number of benzene rings is 1. The molecular formula is C16H26N2. The molecule has 0 saturated heterocycles. The Morgan fingerprint density at radius 2 is 1.83 bits per heavy atom. The molecule has 0 amide bonds. The van der Waals surface area contributed by atoms with Crippen molar-refractivity contribution in [2.75, 3.05) is 13.1 Å². The molecule has 0 heterocycles. The highest BCUT2D eigenvalue weighted by atomic mass is 14.9. The van der Waals surface area contributed by atoms with Gasteiger partial charge in [0.25, 0.3) is 0 Å². The minimum atomic E-state index is 0.296. The molecule has 2 unspecified atom stereocenters. The Bertz CT molecular complexity index is 376. The molecule has 2 heteroatoms. The molecule has 1 aromatic carbocycles. The van der Waals surface area contributed by atoms with E-state index < -0.39 is 0 Å². The summed E-state index contributed by atoms with van der Waals surface area (Å²) in [6.45, 7) is 8.40. The third-order valence-corrected chi connectivity index (χ3v) is 4.00. The van der Waals surface area contributed by atoms with Gasteiger partial charge in [0.2, 0.25) is 0 Å². The van der Waals surface area contributed by atoms with E-state index in [1.165, 1.54) is 29.5 Å². The van der Waals surface area contributed by atoms with Crippen LogP contribution in [0.4, 0.5) is 0 Å². The van der Waals surface area contributed by atoms with E-state index in [1.54, 1.807) is 0 Å². The molecule has 0 aliphatic heterocycles. The van der Waals surface area contributed by atoms with Crippen molar-refractivity contribution < 1.29 is 0 Å². The fourth-order valence-electron chi connectivity index (χ4n) is 2.71. The summed E-state index contributed by atoms with van der Waals surface area (Å²) in [5.41, 5.74) is 9.89. The van der Waals surface area contributed by atoms with Gasteiger partial charge in [-0.05, 0) is 50.6 Å². The van der Waals surface area contributed by atoms with E-state index in [0.717, 1.165) is 18.4 Å². The van der Waals surface area contributed by atoms with Gasteiger partial charge < -0.3 is 11.1 Å². The maximum Gasteiger partial charge on any atom is 0.0444 e. The van der Waals surface area contributed by atoms with Crippen LogP contribution in [0.2, 0.25) is 0 Å². The van der Waals surface area contributed by atoms with E-state index in [1.807, 2.05) is 0 Å². The van der Waals surface area contributed by atoms with E-state index >= 15 is 0 Å². The van der Waals surface area contributed by atoms with Crippen molar-refractivity contribution in [1.29, 1.82) is 0 Å². The summed E-state index contributed by atoms with van der Waals surface area (Å²) in [6, 6.07) is 7.01. The normalized spacial score (nSPS) is 18.7. The quantitative estimate of drug-likeness (QED) is 0.810. The largest absolute Gasteiger partial charge is 0.329 e. The minimum absolute atomic E-state index is 0.296. The van der Waals surface area contributed by atoms with Gasteiger partial charge in [0.05, 0.1) is 0 Å². The molecule has 3 N–H and O–H groups in total. The number of nitrogens with one attached hydrogen (secondary N) is 1. The zero-order valence-electron chi connectivity index (χ0n) is 11.9. The summed E-state index contributed by atoms with van der Waals surface area (Å²) in [6.07, 6.45) is 2.83. The van der Waals surface area contributed by atoms with Crippen LogP contribution in [0.15, 0.2) is 18.2 Å². The highest BCUT2D eigenvalue weighted by Gasteiger charge is 2.27. The Morgan fingerprint density at radius 1 is 1.22 bits per heavy atom. The van der Waals surface area contributed by atoms with Crippen LogP contribution in [0.3, 0.4) is 0 Å². The molecule has 0 spiro atoms. The Labute approximate surface area is 111 Å². The fourth-order valence-corrected chi connectivity index (χ4v) is 2.71. The predicted octanol–water partition coefficient (Wildman–Crippen LogP) is 2.94. The second-order valence-corrected chi connectivity index (χ2v) is 5.93. The summed E-state index contributed by atoms with van der Waals surface area (Å²) in [5.74, 6) is 1.74. The minimum Gasteiger partial charge on any atom is -0.329 e. The van der Waals surface area contributed by atoms with Crippen molar-refractivity contribution in [2.45, 2.75) is 39.7 Å². The first-order chi connectivity index (χ1) is 8.60. The van der Waals surface area contributed by atoms with Crippen LogP contribution in [-0.4, -0.2) is 13.1 Å². The molecule has 2 nitrogen and oxygen atoms in total. The molecule has 0 aromatic heterocycles. The number of nitrogens with two attached hydrogens (primary N) is 1. The van der Waals surface area contributed by atoms with Crippen LogP contribution in [0.5, 0.6) is 0 Å². The average Bonchev–Trinajstić information content (AvgIpc) is 3.12. The molecule has 1 aliphatic rings. The van der Waals surface area contributed by atoms with Crippen LogP contribution in [0.1, 0.15) is 42.5 Å². The lowest BCUT2D eigenvalue weighted by Crippen LogP contribution is -2.32. The van der Waals surface area contributed by atoms with E-state index in [9.17, 15) is 0 Å². The standard InChI is InChI=1S/C16H26N2/c1-11-6-12(2)8-15(7-11)16(9-17)18-10-13(3)14-4-5-14/h6-8,13-14,16,18H,4-5,9-10,17H2,1-3H3. The number of rotatable bonds is 6. The van der Waals surface area contributed by atoms with Crippen molar-refractivity contribution in [3.63, 3.8) is 0 Å². The van der Waals surface area contributed by atoms with Gasteiger partial charge in [0.1, 0.15) is 0 Å². The van der Waals surface area contributed by atoms with Crippen molar-refractivity contribution in [1.82, 2.24) is 5.32 Å². The van der Waals surface area contributed by atoms with Crippen LogP contribution >= 0.6 is 0 Å². The van der Waals surface area contributed by atoms with Crippen LogP contribution in [0.25, 0.3) is 0 Å². The van der Waals surface area contributed by atoms with Crippen LogP contribution in [-0.2, 0) is 0 Å². The zero-order chi connectivity index (χ0) is 13.1. The van der Waals surface area contributed by atoms with E-state index in [4.69, 9.17) is 5.73 Å². The average molecular weight is 246 g/mol. The monoisotopic (exact) mass is 246 g/mol. The third kappa shape index (κ3) is 3.56. The smallest absolute Gasteiger partial charge is 0.0444 e. The van der Waals surface area contributed by atoms with Gasteiger partial charge in [-0.3, -0.25) is 0 Å². The van der Waals surface area contributed by atoms with Gasteiger partial charge in [-0.2, -0.15) is 0 Å². The maximum absolute atomic E-state index is 5.92. The first-order valence-corrected chi connectivity index (χ1v) is 7.11. The van der Waals surface area contributed by atoms with Gasteiger partial charge in [-0.15, -0.1) is 0 Å². The molecule has 1 fully saturated rings. The topological polar surface area (TPSA) is 38.0 Å². The summed E-state index contributed by atoms with van der Waals surface area (Å²) < 4.78 is 0. The zero-order valence-corrected chi connectivity index (χ0v) is 11.9. The first kappa shape index (κ1) is 13.6. The lowest BCUT2D eigenvalue weighted by atomic mass is 10.00. The van der Waals surface area contributed by atoms with Crippen molar-refractivity contribution in [2.24, 2.45) is 17.6 Å². The Hall–Kier alpha value is -0.860. The maximum atomic E-state index is 5.92. The SMILES string of the molecule is Cc1cc(C)cc(C(CN)NCC(C)C2CC2)c1. The molecule has 1 aromatic rings. The predicted molar refractivity (Wildman–Crippen MR) is 77.6 cm³/mol. The van der Waals surface area contributed by atoms with Crippen LogP contribution in [0, 0.1) is 25.7 Å². The molecule has 0 bridgehead atoms. The summed E-state index contributed by atoms with van der Waals surface area (Å²) in [7, 11) is 0. The van der Waals surface area contributed by atoms with Gasteiger partial charge in [0.15, 0.2) is 0 Å². The van der Waals surface area contributed by atoms with Crippen molar-refractivity contribution in [3.8, 4) is 0 Å². The molecule has 100 valence electrons. The summed E-state index contributed by atoms with van der Waals surface area (Å²) in [5, 5.41) is 3.64. The number of hydrogen-bond donors (Lipinski definition) is 2. The summed E-state index contributed by atoms with van der Waals surface area (Å²) in [4.78, 5) is 0. The first-order valence-electron chi connectivity index (χ1n) is 7.11. The molecule has 1 saturated carbocycles. The van der Waals surface area contributed by atoms with Gasteiger partial charge >= 0.3 is 0 Å². The molecular weight excluding hydrogens is 220 g/mol. The second-order valence-electron chi connectivity index (χ2n) is 5.93. The number of aryl methyl sites for hydroxylation is 2. The highest BCUT2D eigenvalue weighted by Crippen LogP contribution is 2.36. The Morgan fingerprint density at radius 3 is 2.33 bits per heavy atom. The van der Waals surface area contributed by atoms with E-state index in [0.29, 0.717) is 12.6 Å². The summed E-state index contributed by atoms with van der Waals surface area (Å²) >= 11 is 0. The number of hydrogen-bond acceptors (Lipinski definition) is 2. The van der Waals surface area contributed by atoms with Gasteiger partial charge in [0, 0.05) is 12.6 Å². The Balaban J connectivity index is 1.98. The Kier molecular flexibility index (Phi) is 4.41. The van der Waals surface area contributed by atoms with Gasteiger partial charge in [-0.1, -0.05) is 36.2 Å². The second kappa shape index (κ2) is 5.85. The van der Waals surface area contributed by atoms with Crippen molar-refractivity contribution in [3.05, 3.63) is 34.9 Å². The van der Waals surface area contributed by atoms with E-state index in [-0.39, 0.29) is 0 Å². The van der Waals surface area contributed by atoms with Crippen molar-refractivity contribution >= 4 is 0 Å². The lowest BCUT2D eigenvalue weighted by molar-refractivity contribution is 0.422. The molecule has 2 rings (SSSR count). The fraction of sp³-hybridized carbons (Fsp3) is 0.625. The van der Waals surface area contributed by atoms with Crippen LogP contribution < -0.4 is 11.1 Å². The third-order valence-electron chi connectivity index (χ3n) is 4.00. The molecule has 2 atom stereocenters. The molecule has 0 radical (unpaired) electrons. The van der Waals surface area contributed by atoms with E-state index in [2.05, 4.69) is 44.3 Å². The van der Waals surface area contributed by atoms with Gasteiger partial charge in [-0.25, -0.2) is 0 Å². The molecule has 18 heavy (non-hydrogen) atoms. The lowest BCUT2D eigenvalue weighted by Gasteiger charge is -2.21. The highest BCUT2D eigenvalue weighted by molar-refractivity contribution is 5.30. The molecule has 1 aliphatic carbocycles.